The Kier molecular flexibility index (Phi) is 4.19. The van der Waals surface area contributed by atoms with Crippen molar-refractivity contribution in [1.82, 2.24) is 14.9 Å². The van der Waals surface area contributed by atoms with Crippen molar-refractivity contribution in [3.8, 4) is 0 Å². The molecule has 19 heavy (non-hydrogen) atoms. The molecule has 0 aliphatic carbocycles. The number of hydrogen-bond donors (Lipinski definition) is 1. The van der Waals surface area contributed by atoms with E-state index in [1.807, 2.05) is 0 Å². The van der Waals surface area contributed by atoms with Crippen LogP contribution in [-0.2, 0) is 6.54 Å². The molecule has 2 rings (SSSR count). The van der Waals surface area contributed by atoms with Crippen LogP contribution < -0.4 is 10.2 Å². The molecule has 1 aromatic heterocycles. The zero-order valence-electron chi connectivity index (χ0n) is 13.0. The number of rotatable bonds is 4. The van der Waals surface area contributed by atoms with Crippen LogP contribution in [0.2, 0.25) is 0 Å². The summed E-state index contributed by atoms with van der Waals surface area (Å²) in [6.45, 7) is 12.1. The lowest BCUT2D eigenvalue weighted by Crippen LogP contribution is -2.50. The van der Waals surface area contributed by atoms with Crippen molar-refractivity contribution < 1.29 is 0 Å². The highest BCUT2D eigenvalue weighted by Crippen LogP contribution is 2.25. The van der Waals surface area contributed by atoms with Gasteiger partial charge in [0.05, 0.1) is 5.69 Å². The fraction of sp³-hybridized carbons (Fsp3) is 0.800. The first-order chi connectivity index (χ1) is 8.93. The molecule has 0 bridgehead atoms. The van der Waals surface area contributed by atoms with Crippen molar-refractivity contribution in [2.75, 3.05) is 25.0 Å². The molecule has 0 spiro atoms. The standard InChI is InChI=1S/C15H28N4/c1-12(2)10-19-11-13(3)17-14(19)18-8-6-15(4,16-5)7-9-18/h11-12,16H,6-10H2,1-5H3. The van der Waals surface area contributed by atoms with E-state index in [0.29, 0.717) is 11.5 Å². The molecule has 0 radical (unpaired) electrons. The Morgan fingerprint density at radius 1 is 1.37 bits per heavy atom. The van der Waals surface area contributed by atoms with Crippen LogP contribution in [0.4, 0.5) is 5.95 Å². The van der Waals surface area contributed by atoms with E-state index in [1.165, 1.54) is 12.8 Å². The Balaban J connectivity index is 2.10. The number of hydrogen-bond acceptors (Lipinski definition) is 3. The first-order valence-electron chi connectivity index (χ1n) is 7.41. The third-order valence-electron chi connectivity index (χ3n) is 4.19. The number of piperidine rings is 1. The van der Waals surface area contributed by atoms with Crippen LogP contribution in [0.15, 0.2) is 6.20 Å². The average molecular weight is 264 g/mol. The molecule has 4 heteroatoms. The molecule has 1 aliphatic rings. The number of anilines is 1. The SMILES string of the molecule is CNC1(C)CCN(c2nc(C)cn2CC(C)C)CC1. The quantitative estimate of drug-likeness (QED) is 0.906. The van der Waals surface area contributed by atoms with E-state index in [-0.39, 0.29) is 0 Å². The number of aromatic nitrogens is 2. The first kappa shape index (κ1) is 14.4. The smallest absolute Gasteiger partial charge is 0.205 e. The van der Waals surface area contributed by atoms with Crippen LogP contribution >= 0.6 is 0 Å². The summed E-state index contributed by atoms with van der Waals surface area (Å²) >= 11 is 0. The molecule has 0 amide bonds. The second-order valence-electron chi connectivity index (χ2n) is 6.53. The number of nitrogens with zero attached hydrogens (tertiary/aromatic N) is 3. The van der Waals surface area contributed by atoms with E-state index < -0.39 is 0 Å². The molecular formula is C15H28N4. The summed E-state index contributed by atoms with van der Waals surface area (Å²) in [5.41, 5.74) is 1.42. The van der Waals surface area contributed by atoms with Gasteiger partial charge in [-0.05, 0) is 39.7 Å². The number of imidazole rings is 1. The Morgan fingerprint density at radius 2 is 2.00 bits per heavy atom. The minimum atomic E-state index is 0.293. The molecule has 1 saturated heterocycles. The van der Waals surface area contributed by atoms with Gasteiger partial charge in [0.25, 0.3) is 0 Å². The van der Waals surface area contributed by atoms with Gasteiger partial charge in [0.1, 0.15) is 0 Å². The first-order valence-corrected chi connectivity index (χ1v) is 7.41. The highest BCUT2D eigenvalue weighted by molar-refractivity contribution is 5.34. The van der Waals surface area contributed by atoms with E-state index in [1.54, 1.807) is 0 Å². The minimum Gasteiger partial charge on any atom is -0.342 e. The molecular weight excluding hydrogens is 236 g/mol. The minimum absolute atomic E-state index is 0.293. The lowest BCUT2D eigenvalue weighted by Gasteiger charge is -2.39. The van der Waals surface area contributed by atoms with Crippen molar-refractivity contribution in [2.45, 2.75) is 52.6 Å². The lowest BCUT2D eigenvalue weighted by molar-refractivity contribution is 0.302. The molecule has 0 atom stereocenters. The van der Waals surface area contributed by atoms with Gasteiger partial charge in [-0.15, -0.1) is 0 Å². The number of nitrogens with one attached hydrogen (secondary N) is 1. The zero-order valence-corrected chi connectivity index (χ0v) is 13.0. The maximum atomic E-state index is 4.73. The second-order valence-corrected chi connectivity index (χ2v) is 6.53. The van der Waals surface area contributed by atoms with Crippen molar-refractivity contribution in [3.05, 3.63) is 11.9 Å². The van der Waals surface area contributed by atoms with Gasteiger partial charge in [0, 0.05) is 31.4 Å². The molecule has 2 heterocycles. The summed E-state index contributed by atoms with van der Waals surface area (Å²) in [7, 11) is 2.07. The van der Waals surface area contributed by atoms with Gasteiger partial charge in [0.15, 0.2) is 0 Å². The van der Waals surface area contributed by atoms with Gasteiger partial charge in [-0.25, -0.2) is 4.98 Å². The average Bonchev–Trinajstić information content (AvgIpc) is 2.70. The van der Waals surface area contributed by atoms with E-state index in [4.69, 9.17) is 4.98 Å². The fourth-order valence-electron chi connectivity index (χ4n) is 2.76. The maximum Gasteiger partial charge on any atom is 0.205 e. The highest BCUT2D eigenvalue weighted by atomic mass is 15.3. The van der Waals surface area contributed by atoms with Crippen LogP contribution in [0.3, 0.4) is 0 Å². The zero-order chi connectivity index (χ0) is 14.0. The van der Waals surface area contributed by atoms with Crippen molar-refractivity contribution in [3.63, 3.8) is 0 Å². The van der Waals surface area contributed by atoms with Crippen molar-refractivity contribution in [2.24, 2.45) is 5.92 Å². The van der Waals surface area contributed by atoms with Crippen LogP contribution in [0.25, 0.3) is 0 Å². The van der Waals surface area contributed by atoms with Crippen molar-refractivity contribution in [1.29, 1.82) is 0 Å². The predicted octanol–water partition coefficient (Wildman–Crippen LogP) is 2.43. The van der Waals surface area contributed by atoms with Gasteiger partial charge < -0.3 is 14.8 Å². The van der Waals surface area contributed by atoms with Crippen LogP contribution in [0, 0.1) is 12.8 Å². The lowest BCUT2D eigenvalue weighted by atomic mass is 9.90. The number of aryl methyl sites for hydroxylation is 1. The summed E-state index contributed by atoms with van der Waals surface area (Å²) in [6, 6.07) is 0. The Morgan fingerprint density at radius 3 is 2.53 bits per heavy atom. The van der Waals surface area contributed by atoms with Gasteiger partial charge in [-0.2, -0.15) is 0 Å². The molecule has 1 aliphatic heterocycles. The topological polar surface area (TPSA) is 33.1 Å². The molecule has 1 fully saturated rings. The summed E-state index contributed by atoms with van der Waals surface area (Å²) in [5.74, 6) is 1.81. The van der Waals surface area contributed by atoms with E-state index >= 15 is 0 Å². The molecule has 108 valence electrons. The van der Waals surface area contributed by atoms with Gasteiger partial charge in [-0.1, -0.05) is 13.8 Å². The summed E-state index contributed by atoms with van der Waals surface area (Å²) in [5, 5.41) is 3.45. The molecule has 0 aromatic carbocycles. The molecule has 0 unspecified atom stereocenters. The largest absolute Gasteiger partial charge is 0.342 e. The van der Waals surface area contributed by atoms with Crippen LogP contribution in [0.1, 0.15) is 39.3 Å². The van der Waals surface area contributed by atoms with Crippen LogP contribution in [0.5, 0.6) is 0 Å². The summed E-state index contributed by atoms with van der Waals surface area (Å²) in [6.07, 6.45) is 4.54. The Bertz CT molecular complexity index is 414. The second kappa shape index (κ2) is 5.53. The van der Waals surface area contributed by atoms with E-state index in [9.17, 15) is 0 Å². The van der Waals surface area contributed by atoms with E-state index in [0.717, 1.165) is 31.3 Å². The summed E-state index contributed by atoms with van der Waals surface area (Å²) in [4.78, 5) is 7.17. The van der Waals surface area contributed by atoms with Gasteiger partial charge in [-0.3, -0.25) is 0 Å². The monoisotopic (exact) mass is 264 g/mol. The predicted molar refractivity (Wildman–Crippen MR) is 80.7 cm³/mol. The Labute approximate surface area is 117 Å². The highest BCUT2D eigenvalue weighted by Gasteiger charge is 2.29. The van der Waals surface area contributed by atoms with Gasteiger partial charge in [0.2, 0.25) is 5.95 Å². The van der Waals surface area contributed by atoms with E-state index in [2.05, 4.69) is 55.7 Å². The third-order valence-corrected chi connectivity index (χ3v) is 4.19. The van der Waals surface area contributed by atoms with Crippen LogP contribution in [-0.4, -0.2) is 35.2 Å². The molecule has 4 nitrogen and oxygen atoms in total. The third kappa shape index (κ3) is 3.30. The summed E-state index contributed by atoms with van der Waals surface area (Å²) < 4.78 is 2.32. The van der Waals surface area contributed by atoms with Crippen molar-refractivity contribution >= 4 is 5.95 Å². The fourth-order valence-corrected chi connectivity index (χ4v) is 2.76. The Hall–Kier alpha value is -1.03. The van der Waals surface area contributed by atoms with Gasteiger partial charge >= 0.3 is 0 Å². The molecule has 0 saturated carbocycles. The maximum absolute atomic E-state index is 4.73. The molecule has 1 aromatic rings. The molecule has 1 N–H and O–H groups in total. The normalized spacial score (nSPS) is 19.2.